The van der Waals surface area contributed by atoms with Gasteiger partial charge in [-0.2, -0.15) is 0 Å². The highest BCUT2D eigenvalue weighted by molar-refractivity contribution is 7.10. The molecular weight excluding hydrogens is 166 g/mol. The highest BCUT2D eigenvalue weighted by atomic mass is 32.1. The molecule has 1 rings (SSSR count). The maximum Gasteiger partial charge on any atom is 0.0270 e. The molecule has 0 aliphatic carbocycles. The van der Waals surface area contributed by atoms with E-state index in [0.717, 1.165) is 0 Å². The summed E-state index contributed by atoms with van der Waals surface area (Å²) in [5.41, 5.74) is 6.94. The Kier molecular flexibility index (Phi) is 3.50. The molecule has 0 radical (unpaired) electrons. The van der Waals surface area contributed by atoms with Crippen molar-refractivity contribution in [3.8, 4) is 0 Å². The highest BCUT2D eigenvalue weighted by Gasteiger charge is 2.00. The molecule has 0 aliphatic rings. The normalized spacial score (nSPS) is 12.5. The van der Waals surface area contributed by atoms with Crippen LogP contribution in [-0.4, -0.2) is 6.54 Å². The van der Waals surface area contributed by atoms with Crippen LogP contribution < -0.4 is 5.73 Å². The van der Waals surface area contributed by atoms with Crippen LogP contribution in [0.25, 0.3) is 6.08 Å². The van der Waals surface area contributed by atoms with Gasteiger partial charge >= 0.3 is 0 Å². The van der Waals surface area contributed by atoms with Crippen LogP contribution >= 0.6 is 11.3 Å². The Morgan fingerprint density at radius 1 is 1.67 bits per heavy atom. The van der Waals surface area contributed by atoms with E-state index in [1.54, 1.807) is 11.3 Å². The van der Waals surface area contributed by atoms with Gasteiger partial charge in [0.05, 0.1) is 0 Å². The average Bonchev–Trinajstić information content (AvgIpc) is 2.51. The third kappa shape index (κ3) is 2.47. The lowest BCUT2D eigenvalue weighted by Gasteiger charge is -2.07. The topological polar surface area (TPSA) is 26.0 Å². The van der Waals surface area contributed by atoms with Gasteiger partial charge in [0.15, 0.2) is 0 Å². The Balaban J connectivity index is 2.78. The Labute approximate surface area is 77.9 Å². The van der Waals surface area contributed by atoms with Gasteiger partial charge in [-0.1, -0.05) is 25.5 Å². The van der Waals surface area contributed by atoms with Crippen LogP contribution in [-0.2, 0) is 0 Å². The maximum atomic E-state index is 5.63. The number of hydrogen-bond donors (Lipinski definition) is 1. The Morgan fingerprint density at radius 3 is 2.83 bits per heavy atom. The van der Waals surface area contributed by atoms with Gasteiger partial charge in [-0.25, -0.2) is 0 Å². The minimum absolute atomic E-state index is 0.553. The van der Waals surface area contributed by atoms with Gasteiger partial charge in [-0.3, -0.25) is 0 Å². The largest absolute Gasteiger partial charge is 0.327 e. The summed E-state index contributed by atoms with van der Waals surface area (Å²) >= 11 is 1.75. The second-order valence-electron chi connectivity index (χ2n) is 3.09. The van der Waals surface area contributed by atoms with Crippen LogP contribution in [0.5, 0.6) is 0 Å². The fourth-order valence-electron chi connectivity index (χ4n) is 1.02. The van der Waals surface area contributed by atoms with E-state index in [1.165, 1.54) is 10.5 Å². The van der Waals surface area contributed by atoms with Gasteiger partial charge in [-0.05, 0) is 23.4 Å². The van der Waals surface area contributed by atoms with E-state index in [2.05, 4.69) is 37.4 Å². The van der Waals surface area contributed by atoms with Gasteiger partial charge in [0, 0.05) is 11.4 Å². The zero-order valence-corrected chi connectivity index (χ0v) is 8.40. The molecular formula is C10H15NS. The Bertz CT molecular complexity index is 247. The molecule has 12 heavy (non-hydrogen) atoms. The van der Waals surface area contributed by atoms with E-state index in [0.29, 0.717) is 12.5 Å². The summed E-state index contributed by atoms with van der Waals surface area (Å²) in [5.74, 6) is 0.553. The molecule has 66 valence electrons. The number of hydrogen-bond acceptors (Lipinski definition) is 2. The monoisotopic (exact) mass is 181 g/mol. The lowest BCUT2D eigenvalue weighted by Crippen LogP contribution is -2.07. The average molecular weight is 181 g/mol. The lowest BCUT2D eigenvalue weighted by molar-refractivity contribution is 0.753. The van der Waals surface area contributed by atoms with Crippen molar-refractivity contribution in [3.63, 3.8) is 0 Å². The third-order valence-corrected chi connectivity index (χ3v) is 2.67. The van der Waals surface area contributed by atoms with Gasteiger partial charge in [0.2, 0.25) is 0 Å². The summed E-state index contributed by atoms with van der Waals surface area (Å²) in [7, 11) is 0. The van der Waals surface area contributed by atoms with Crippen molar-refractivity contribution in [3.05, 3.63) is 28.0 Å². The number of nitrogens with two attached hydrogens (primary N) is 1. The van der Waals surface area contributed by atoms with Crippen molar-refractivity contribution in [2.45, 2.75) is 13.8 Å². The minimum atomic E-state index is 0.553. The third-order valence-electron chi connectivity index (χ3n) is 1.85. The van der Waals surface area contributed by atoms with Crippen molar-refractivity contribution in [2.75, 3.05) is 6.54 Å². The molecule has 0 amide bonds. The van der Waals surface area contributed by atoms with Gasteiger partial charge < -0.3 is 5.73 Å². The molecule has 1 heterocycles. The van der Waals surface area contributed by atoms with E-state index >= 15 is 0 Å². The van der Waals surface area contributed by atoms with Crippen molar-refractivity contribution >= 4 is 17.4 Å². The molecule has 1 aromatic heterocycles. The quantitative estimate of drug-likeness (QED) is 0.762. The minimum Gasteiger partial charge on any atom is -0.327 e. The molecule has 0 spiro atoms. The molecule has 0 saturated carbocycles. The van der Waals surface area contributed by atoms with Crippen molar-refractivity contribution in [1.82, 2.24) is 0 Å². The maximum absolute atomic E-state index is 5.63. The molecule has 2 heteroatoms. The van der Waals surface area contributed by atoms with Gasteiger partial charge in [0.25, 0.3) is 0 Å². The van der Waals surface area contributed by atoms with Crippen LogP contribution in [0.15, 0.2) is 23.1 Å². The lowest BCUT2D eigenvalue weighted by atomic mass is 10.0. The summed E-state index contributed by atoms with van der Waals surface area (Å²) in [5, 5.41) is 2.08. The molecule has 0 atom stereocenters. The SMILES string of the molecule is CC(C)/C(=C/c1cccs1)CN. The molecule has 0 aliphatic heterocycles. The zero-order valence-electron chi connectivity index (χ0n) is 7.58. The Morgan fingerprint density at radius 2 is 2.42 bits per heavy atom. The zero-order chi connectivity index (χ0) is 8.97. The highest BCUT2D eigenvalue weighted by Crippen LogP contribution is 2.17. The smallest absolute Gasteiger partial charge is 0.0270 e. The fourth-order valence-corrected chi connectivity index (χ4v) is 1.71. The molecule has 1 aromatic rings. The molecule has 0 aromatic carbocycles. The first-order chi connectivity index (χ1) is 5.74. The van der Waals surface area contributed by atoms with Crippen LogP contribution in [0.4, 0.5) is 0 Å². The molecule has 1 nitrogen and oxygen atoms in total. The molecule has 0 saturated heterocycles. The van der Waals surface area contributed by atoms with E-state index in [9.17, 15) is 0 Å². The van der Waals surface area contributed by atoms with Crippen LogP contribution in [0.2, 0.25) is 0 Å². The number of thiophene rings is 1. The molecule has 0 bridgehead atoms. The van der Waals surface area contributed by atoms with Crippen LogP contribution in [0, 0.1) is 5.92 Å². The first-order valence-corrected chi connectivity index (χ1v) is 5.06. The predicted octanol–water partition coefficient (Wildman–Crippen LogP) is 2.75. The molecule has 0 fully saturated rings. The number of rotatable bonds is 3. The standard InChI is InChI=1S/C10H15NS/c1-8(2)9(7-11)6-10-4-3-5-12-10/h3-6,8H,7,11H2,1-2H3/b9-6+. The predicted molar refractivity (Wildman–Crippen MR) is 56.2 cm³/mol. The van der Waals surface area contributed by atoms with Crippen molar-refractivity contribution in [2.24, 2.45) is 11.7 Å². The fraction of sp³-hybridized carbons (Fsp3) is 0.400. The van der Waals surface area contributed by atoms with Crippen molar-refractivity contribution < 1.29 is 0 Å². The van der Waals surface area contributed by atoms with E-state index < -0.39 is 0 Å². The Hall–Kier alpha value is -0.600. The van der Waals surface area contributed by atoms with E-state index in [4.69, 9.17) is 5.73 Å². The molecule has 0 unspecified atom stereocenters. The van der Waals surface area contributed by atoms with Gasteiger partial charge in [0.1, 0.15) is 0 Å². The van der Waals surface area contributed by atoms with Crippen LogP contribution in [0.3, 0.4) is 0 Å². The summed E-state index contributed by atoms with van der Waals surface area (Å²) in [6.45, 7) is 5.01. The van der Waals surface area contributed by atoms with Crippen molar-refractivity contribution in [1.29, 1.82) is 0 Å². The second-order valence-corrected chi connectivity index (χ2v) is 4.07. The van der Waals surface area contributed by atoms with Crippen LogP contribution in [0.1, 0.15) is 18.7 Å². The molecule has 2 N–H and O–H groups in total. The van der Waals surface area contributed by atoms with E-state index in [1.807, 2.05) is 0 Å². The summed E-state index contributed by atoms with van der Waals surface area (Å²) in [6.07, 6.45) is 2.19. The summed E-state index contributed by atoms with van der Waals surface area (Å²) in [6, 6.07) is 4.17. The van der Waals surface area contributed by atoms with E-state index in [-0.39, 0.29) is 0 Å². The van der Waals surface area contributed by atoms with Gasteiger partial charge in [-0.15, -0.1) is 11.3 Å². The summed E-state index contributed by atoms with van der Waals surface area (Å²) in [4.78, 5) is 1.30. The first kappa shape index (κ1) is 9.49. The summed E-state index contributed by atoms with van der Waals surface area (Å²) < 4.78 is 0. The second kappa shape index (κ2) is 4.43. The first-order valence-electron chi connectivity index (χ1n) is 4.18.